The molecule has 0 spiro atoms. The molecule has 0 aliphatic heterocycles. The molecule has 1 amide bonds. The van der Waals surface area contributed by atoms with E-state index in [4.69, 9.17) is 5.11 Å². The second kappa shape index (κ2) is 3.02. The van der Waals surface area contributed by atoms with Gasteiger partial charge in [0, 0.05) is 0 Å². The Morgan fingerprint density at radius 2 is 2.43 bits per heavy atom. The molecule has 0 rings (SSSR count). The molecule has 0 aromatic heterocycles. The number of amides is 1. The molecule has 40 valence electrons. The fraction of sp³-hybridized carbons (Fsp3) is 0. The second-order valence-electron chi connectivity index (χ2n) is 0.722. The predicted molar refractivity (Wildman–Crippen MR) is 22.4 cm³/mol. The number of nitrogens with two attached hydrogens (primary N) is 1. The molecular weight excluding hydrogens is 98.0 g/mol. The van der Waals surface area contributed by atoms with Gasteiger partial charge < -0.3 is 15.6 Å². The van der Waals surface area contributed by atoms with Gasteiger partial charge in [-0.25, -0.2) is 4.79 Å². The van der Waals surface area contributed by atoms with Crippen LogP contribution in [0.15, 0.2) is 12.5 Å². The third-order valence-corrected chi connectivity index (χ3v) is 0.245. The van der Waals surface area contributed by atoms with Gasteiger partial charge in [-0.2, -0.15) is 0 Å². The molecule has 0 aliphatic rings. The lowest BCUT2D eigenvalue weighted by Crippen LogP contribution is -2.08. The van der Waals surface area contributed by atoms with Crippen molar-refractivity contribution in [3.63, 3.8) is 0 Å². The normalized spacial score (nSPS) is 9.14. The van der Waals surface area contributed by atoms with E-state index in [0.29, 0.717) is 6.26 Å². The Hall–Kier alpha value is -1.19. The Labute approximate surface area is 40.2 Å². The van der Waals surface area contributed by atoms with Crippen molar-refractivity contribution < 1.29 is 14.6 Å². The van der Waals surface area contributed by atoms with Gasteiger partial charge in [-0.15, -0.1) is 0 Å². The highest BCUT2D eigenvalue weighted by Crippen LogP contribution is 1.70. The van der Waals surface area contributed by atoms with Crippen LogP contribution in [0.3, 0.4) is 0 Å². The molecule has 0 bridgehead atoms. The summed E-state index contributed by atoms with van der Waals surface area (Å²) in [6.07, 6.45) is 0.415. The minimum absolute atomic E-state index is 0.574. The second-order valence-corrected chi connectivity index (χ2v) is 0.722. The Kier molecular flexibility index (Phi) is 2.50. The smallest absolute Gasteiger partial charge is 0.409 e. The van der Waals surface area contributed by atoms with Crippen LogP contribution < -0.4 is 5.73 Å². The van der Waals surface area contributed by atoms with Crippen molar-refractivity contribution in [1.29, 1.82) is 0 Å². The van der Waals surface area contributed by atoms with Crippen molar-refractivity contribution >= 4 is 6.09 Å². The van der Waals surface area contributed by atoms with Crippen molar-refractivity contribution in [1.82, 2.24) is 0 Å². The first-order valence-corrected chi connectivity index (χ1v) is 1.52. The molecule has 0 aliphatic carbocycles. The van der Waals surface area contributed by atoms with Gasteiger partial charge in [0.2, 0.25) is 0 Å². The van der Waals surface area contributed by atoms with Gasteiger partial charge in [-0.3, -0.25) is 0 Å². The highest BCUT2D eigenvalue weighted by molar-refractivity contribution is 5.65. The monoisotopic (exact) mass is 103 g/mol. The Balaban J connectivity index is 3.14. The van der Waals surface area contributed by atoms with Crippen LogP contribution in [0.5, 0.6) is 0 Å². The zero-order chi connectivity index (χ0) is 5.70. The Morgan fingerprint density at radius 3 is 2.57 bits per heavy atom. The molecule has 0 atom stereocenters. The molecule has 3 N–H and O–H groups in total. The molecule has 0 unspecified atom stereocenters. The third kappa shape index (κ3) is 4.81. The number of aliphatic hydroxyl groups is 1. The fourth-order valence-corrected chi connectivity index (χ4v) is 0.0975. The maximum absolute atomic E-state index is 9.60. The van der Waals surface area contributed by atoms with Gasteiger partial charge in [0.1, 0.15) is 12.5 Å². The Bertz CT molecular complexity index is 88.2. The van der Waals surface area contributed by atoms with Crippen molar-refractivity contribution in [3.8, 4) is 0 Å². The van der Waals surface area contributed by atoms with Gasteiger partial charge in [0.25, 0.3) is 0 Å². The average Bonchev–Trinajstić information content (AvgIpc) is 1.61. The molecule has 0 aromatic carbocycles. The molecule has 7 heavy (non-hydrogen) atoms. The Morgan fingerprint density at radius 1 is 1.86 bits per heavy atom. The van der Waals surface area contributed by atoms with E-state index in [-0.39, 0.29) is 0 Å². The van der Waals surface area contributed by atoms with Crippen LogP contribution in [0.4, 0.5) is 4.79 Å². The minimum Gasteiger partial charge on any atom is -0.512 e. The third-order valence-electron chi connectivity index (χ3n) is 0.245. The van der Waals surface area contributed by atoms with E-state index in [2.05, 4.69) is 10.5 Å². The molecule has 0 saturated heterocycles. The zero-order valence-electron chi connectivity index (χ0n) is 3.50. The van der Waals surface area contributed by atoms with Gasteiger partial charge in [-0.1, -0.05) is 0 Å². The first-order chi connectivity index (χ1) is 3.27. The van der Waals surface area contributed by atoms with Crippen LogP contribution in [-0.4, -0.2) is 11.2 Å². The van der Waals surface area contributed by atoms with Gasteiger partial charge in [0.05, 0.1) is 0 Å². The molecule has 0 saturated carbocycles. The summed E-state index contributed by atoms with van der Waals surface area (Å²) in [4.78, 5) is 9.60. The van der Waals surface area contributed by atoms with Crippen LogP contribution in [0.25, 0.3) is 0 Å². The number of carbonyl (C=O) groups is 1. The van der Waals surface area contributed by atoms with Gasteiger partial charge >= 0.3 is 6.09 Å². The topological polar surface area (TPSA) is 72.6 Å². The largest absolute Gasteiger partial charge is 0.512 e. The van der Waals surface area contributed by atoms with Crippen molar-refractivity contribution in [2.24, 2.45) is 5.73 Å². The summed E-state index contributed by atoms with van der Waals surface area (Å²) in [5.41, 5.74) is 4.46. The molecule has 0 aromatic rings. The fourth-order valence-electron chi connectivity index (χ4n) is 0.0975. The van der Waals surface area contributed by atoms with Gasteiger partial charge in [-0.05, 0) is 0 Å². The molecule has 0 radical (unpaired) electrons. The number of primary amides is 1. The predicted octanol–water partition coefficient (Wildman–Crippen LogP) is 0.111. The highest BCUT2D eigenvalue weighted by atomic mass is 16.5. The number of carbonyl (C=O) groups excluding carboxylic acids is 1. The van der Waals surface area contributed by atoms with E-state index < -0.39 is 6.09 Å². The summed E-state index contributed by atoms with van der Waals surface area (Å²) in [5.74, 6) is 0. The SMILES string of the molecule is NC(=O)OC=CO. The quantitative estimate of drug-likeness (QED) is 0.462. The number of hydrogen-bond acceptors (Lipinski definition) is 3. The zero-order valence-corrected chi connectivity index (χ0v) is 3.50. The number of ether oxygens (including phenoxy) is 1. The van der Waals surface area contributed by atoms with Crippen LogP contribution >= 0.6 is 0 Å². The molecule has 0 fully saturated rings. The first kappa shape index (κ1) is 5.81. The lowest BCUT2D eigenvalue weighted by Gasteiger charge is -1.84. The maximum Gasteiger partial charge on any atom is 0.409 e. The van der Waals surface area contributed by atoms with Crippen LogP contribution in [0.1, 0.15) is 0 Å². The maximum atomic E-state index is 9.60. The van der Waals surface area contributed by atoms with E-state index in [0.717, 1.165) is 6.26 Å². The summed E-state index contributed by atoms with van der Waals surface area (Å²) in [5, 5.41) is 7.80. The molecule has 0 heterocycles. The molecular formula is C3H5NO3. The lowest BCUT2D eigenvalue weighted by molar-refractivity contribution is 0.194. The van der Waals surface area contributed by atoms with Crippen LogP contribution in [0.2, 0.25) is 0 Å². The molecule has 4 heteroatoms. The summed E-state index contributed by atoms with van der Waals surface area (Å²) in [6.45, 7) is 0. The van der Waals surface area contributed by atoms with Crippen molar-refractivity contribution in [2.75, 3.05) is 0 Å². The van der Waals surface area contributed by atoms with Gasteiger partial charge in [0.15, 0.2) is 0 Å². The van der Waals surface area contributed by atoms with E-state index in [9.17, 15) is 4.79 Å². The number of aliphatic hydroxyl groups excluding tert-OH is 1. The van der Waals surface area contributed by atoms with Crippen molar-refractivity contribution in [3.05, 3.63) is 12.5 Å². The van der Waals surface area contributed by atoms with E-state index in [1.165, 1.54) is 0 Å². The average molecular weight is 103 g/mol. The standard InChI is InChI=1S/C3H5NO3/c4-3(6)7-2-1-5/h1-2,5H,(H2,4,6). The minimum atomic E-state index is -0.940. The lowest BCUT2D eigenvalue weighted by atomic mass is 11.0. The summed E-state index contributed by atoms with van der Waals surface area (Å²) in [7, 11) is 0. The van der Waals surface area contributed by atoms with Crippen molar-refractivity contribution in [2.45, 2.75) is 0 Å². The van der Waals surface area contributed by atoms with Crippen LogP contribution in [0, 0.1) is 0 Å². The highest BCUT2D eigenvalue weighted by Gasteiger charge is 1.81. The molecule has 4 nitrogen and oxygen atoms in total. The summed E-state index contributed by atoms with van der Waals surface area (Å²) in [6, 6.07) is 0. The first-order valence-electron chi connectivity index (χ1n) is 1.52. The van der Waals surface area contributed by atoms with E-state index in [1.807, 2.05) is 0 Å². The van der Waals surface area contributed by atoms with E-state index >= 15 is 0 Å². The number of hydrogen-bond donors (Lipinski definition) is 2. The summed E-state index contributed by atoms with van der Waals surface area (Å²) < 4.78 is 3.90. The summed E-state index contributed by atoms with van der Waals surface area (Å²) >= 11 is 0. The van der Waals surface area contributed by atoms with Crippen LogP contribution in [-0.2, 0) is 4.74 Å². The number of rotatable bonds is 1. The van der Waals surface area contributed by atoms with E-state index in [1.54, 1.807) is 0 Å².